The van der Waals surface area contributed by atoms with E-state index < -0.39 is 12.0 Å². The molecule has 1 rings (SSSR count). The van der Waals surface area contributed by atoms with Crippen molar-refractivity contribution in [2.24, 2.45) is 5.92 Å². The fraction of sp³-hybridized carbons (Fsp3) is 0.364. The largest absolute Gasteiger partial charge is 0.876 e. The lowest BCUT2D eigenvalue weighted by Gasteiger charge is -2.35. The molecule has 1 aliphatic rings. The maximum atomic E-state index is 11.2. The summed E-state index contributed by atoms with van der Waals surface area (Å²) in [6.07, 6.45) is 0.523. The Balaban J connectivity index is 2.98. The molecule has 0 N–H and O–H groups in total. The van der Waals surface area contributed by atoms with Crippen molar-refractivity contribution in [2.45, 2.75) is 12.5 Å². The zero-order chi connectivity index (χ0) is 11.6. The van der Waals surface area contributed by atoms with Gasteiger partial charge in [-0.3, -0.25) is 0 Å². The molecule has 0 aromatic rings. The quantitative estimate of drug-likeness (QED) is 0.457. The summed E-state index contributed by atoms with van der Waals surface area (Å²) >= 11 is 0. The van der Waals surface area contributed by atoms with Crippen LogP contribution in [0.1, 0.15) is 6.42 Å². The number of nitrogens with zero attached hydrogens (tertiary/aromatic N) is 2. The van der Waals surface area contributed by atoms with Crippen LogP contribution in [0.2, 0.25) is 0 Å². The molecule has 0 bridgehead atoms. The van der Waals surface area contributed by atoms with Crippen molar-refractivity contribution >= 4 is 0 Å². The van der Waals surface area contributed by atoms with Crippen molar-refractivity contribution in [3.8, 4) is 6.07 Å². The Morgan fingerprint density at radius 2 is 1.93 bits per heavy atom. The fourth-order valence-corrected chi connectivity index (χ4v) is 1.91. The first-order valence-electron chi connectivity index (χ1n) is 4.56. The van der Waals surface area contributed by atoms with Gasteiger partial charge in [-0.2, -0.15) is 5.26 Å². The molecule has 0 aromatic carbocycles. The predicted molar refractivity (Wildman–Crippen MR) is 51.6 cm³/mol. The van der Waals surface area contributed by atoms with Crippen molar-refractivity contribution in [2.75, 3.05) is 6.54 Å². The molecular weight excluding hydrogens is 192 g/mol. The van der Waals surface area contributed by atoms with E-state index in [9.17, 15) is 10.2 Å². The summed E-state index contributed by atoms with van der Waals surface area (Å²) in [5, 5.41) is 31.2. The normalized spacial score (nSPS) is 24.6. The second-order valence-electron chi connectivity index (χ2n) is 3.53. The van der Waals surface area contributed by atoms with E-state index in [0.717, 1.165) is 0 Å². The van der Waals surface area contributed by atoms with Crippen LogP contribution in [0.25, 0.3) is 0 Å². The lowest BCUT2D eigenvalue weighted by Crippen LogP contribution is -2.38. The Morgan fingerprint density at radius 3 is 2.33 bits per heavy atom. The molecule has 0 saturated carbocycles. The monoisotopic (exact) mass is 204 g/mol. The molecule has 1 saturated heterocycles. The van der Waals surface area contributed by atoms with Gasteiger partial charge in [-0.25, -0.2) is 0 Å². The van der Waals surface area contributed by atoms with E-state index in [1.807, 2.05) is 6.07 Å². The highest BCUT2D eigenvalue weighted by molar-refractivity contribution is 5.29. The van der Waals surface area contributed by atoms with Gasteiger partial charge in [0.05, 0.1) is 12.1 Å². The highest BCUT2D eigenvalue weighted by atomic mass is 16.3. The minimum Gasteiger partial charge on any atom is -0.876 e. The number of likely N-dealkylation sites (tertiary alicyclic amines) is 1. The van der Waals surface area contributed by atoms with Crippen molar-refractivity contribution in [1.82, 2.24) is 4.90 Å². The second kappa shape index (κ2) is 4.09. The van der Waals surface area contributed by atoms with E-state index in [-0.39, 0.29) is 17.2 Å². The van der Waals surface area contributed by atoms with Crippen molar-refractivity contribution < 1.29 is 10.2 Å². The molecule has 0 radical (unpaired) electrons. The van der Waals surface area contributed by atoms with Crippen molar-refractivity contribution in [1.29, 1.82) is 5.26 Å². The van der Waals surface area contributed by atoms with E-state index in [1.54, 1.807) is 0 Å². The average molecular weight is 204 g/mol. The Morgan fingerprint density at radius 1 is 1.33 bits per heavy atom. The van der Waals surface area contributed by atoms with Crippen LogP contribution >= 0.6 is 0 Å². The van der Waals surface area contributed by atoms with Gasteiger partial charge in [0.1, 0.15) is 0 Å². The smallest absolute Gasteiger partial charge is 0.0963 e. The van der Waals surface area contributed by atoms with Crippen molar-refractivity contribution in [3.63, 3.8) is 0 Å². The summed E-state index contributed by atoms with van der Waals surface area (Å²) in [4.78, 5) is 1.40. The third-order valence-electron chi connectivity index (χ3n) is 2.63. The summed E-state index contributed by atoms with van der Waals surface area (Å²) < 4.78 is 0. The van der Waals surface area contributed by atoms with Crippen LogP contribution in [0.5, 0.6) is 0 Å². The van der Waals surface area contributed by atoms with Gasteiger partial charge < -0.3 is 15.1 Å². The molecule has 1 fully saturated rings. The Hall–Kier alpha value is -1.89. The van der Waals surface area contributed by atoms with Crippen LogP contribution in [0.4, 0.5) is 0 Å². The third kappa shape index (κ3) is 1.96. The molecule has 0 aliphatic carbocycles. The topological polar surface area (TPSA) is 73.2 Å². The molecule has 2 unspecified atom stereocenters. The summed E-state index contributed by atoms with van der Waals surface area (Å²) in [5.74, 6) is -1.07. The molecule has 4 heteroatoms. The molecule has 15 heavy (non-hydrogen) atoms. The molecule has 0 amide bonds. The maximum absolute atomic E-state index is 11.2. The summed E-state index contributed by atoms with van der Waals surface area (Å²) in [7, 11) is 0. The molecule has 80 valence electrons. The maximum Gasteiger partial charge on any atom is 0.0963 e. The van der Waals surface area contributed by atoms with Crippen LogP contribution in [-0.2, 0) is 0 Å². The van der Waals surface area contributed by atoms with Crippen molar-refractivity contribution in [3.05, 3.63) is 37.0 Å². The number of rotatable bonds is 3. The first kappa shape index (κ1) is 11.2. The molecule has 1 aliphatic heterocycles. The lowest BCUT2D eigenvalue weighted by molar-refractivity contribution is -0.334. The summed E-state index contributed by atoms with van der Waals surface area (Å²) in [5.41, 5.74) is 0.214. The molecule has 0 aromatic heterocycles. The Bertz CT molecular complexity index is 332. The highest BCUT2D eigenvalue weighted by Crippen LogP contribution is 2.32. The molecule has 4 nitrogen and oxygen atoms in total. The van der Waals surface area contributed by atoms with Gasteiger partial charge in [-0.05, 0) is 18.2 Å². The van der Waals surface area contributed by atoms with Gasteiger partial charge in [0, 0.05) is 12.1 Å². The first-order chi connectivity index (χ1) is 6.99. The first-order valence-corrected chi connectivity index (χ1v) is 4.56. The predicted octanol–water partition coefficient (Wildman–Crippen LogP) is -0.538. The second-order valence-corrected chi connectivity index (χ2v) is 3.53. The lowest BCUT2D eigenvalue weighted by atomic mass is 9.94. The van der Waals surface area contributed by atoms with E-state index in [0.29, 0.717) is 13.0 Å². The van der Waals surface area contributed by atoms with Gasteiger partial charge in [-0.15, -0.1) is 12.3 Å². The summed E-state index contributed by atoms with van der Waals surface area (Å²) in [6.45, 7) is 10.6. The van der Waals surface area contributed by atoms with E-state index in [4.69, 9.17) is 5.26 Å². The number of hydrogen-bond acceptors (Lipinski definition) is 4. The SMILES string of the molecule is C=C([O-])C1CCN(C(=C)[O-])C1C(=C)C#N. The highest BCUT2D eigenvalue weighted by Gasteiger charge is 2.33. The molecule has 0 spiro atoms. The van der Waals surface area contributed by atoms with Crippen LogP contribution in [0, 0.1) is 17.2 Å². The van der Waals surface area contributed by atoms with Gasteiger partial charge in [-0.1, -0.05) is 13.2 Å². The zero-order valence-corrected chi connectivity index (χ0v) is 8.40. The Labute approximate surface area is 89.1 Å². The molecule has 1 heterocycles. The van der Waals surface area contributed by atoms with Crippen LogP contribution < -0.4 is 10.2 Å². The van der Waals surface area contributed by atoms with Gasteiger partial charge >= 0.3 is 0 Å². The number of nitriles is 1. The van der Waals surface area contributed by atoms with Crippen LogP contribution in [-0.4, -0.2) is 17.5 Å². The van der Waals surface area contributed by atoms with Crippen LogP contribution in [0.15, 0.2) is 37.0 Å². The standard InChI is InChI=1S/C11H14N2O2/c1-7(6-12)11-10(8(2)14)4-5-13(11)9(3)15/h10-11,14-15H,1-5H2/p-2. The van der Waals surface area contributed by atoms with Gasteiger partial charge in [0.25, 0.3) is 0 Å². The summed E-state index contributed by atoms with van der Waals surface area (Å²) in [6, 6.07) is 1.33. The van der Waals surface area contributed by atoms with E-state index in [1.165, 1.54) is 4.90 Å². The molecule has 2 atom stereocenters. The Kier molecular flexibility index (Phi) is 3.05. The minimum atomic E-state index is -0.551. The van der Waals surface area contributed by atoms with Gasteiger partial charge in [0.15, 0.2) is 0 Å². The van der Waals surface area contributed by atoms with E-state index in [2.05, 4.69) is 19.7 Å². The van der Waals surface area contributed by atoms with E-state index >= 15 is 0 Å². The molecular formula is C11H12N2O2-2. The average Bonchev–Trinajstić information content (AvgIpc) is 2.60. The fourth-order valence-electron chi connectivity index (χ4n) is 1.91. The zero-order valence-electron chi connectivity index (χ0n) is 8.40. The minimum absolute atomic E-state index is 0.214. The van der Waals surface area contributed by atoms with Crippen LogP contribution in [0.3, 0.4) is 0 Å². The van der Waals surface area contributed by atoms with Gasteiger partial charge in [0.2, 0.25) is 0 Å². The number of hydrogen-bond donors (Lipinski definition) is 0. The third-order valence-corrected chi connectivity index (χ3v) is 2.63.